The number of fused-ring (bicyclic) bond motifs is 1. The Kier molecular flexibility index (Phi) is 4.59. The summed E-state index contributed by atoms with van der Waals surface area (Å²) in [5, 5.41) is 0.786. The average molecular weight is 358 g/mol. The van der Waals surface area contributed by atoms with Crippen molar-refractivity contribution in [2.45, 2.75) is 39.0 Å². The van der Waals surface area contributed by atoms with E-state index in [-0.39, 0.29) is 11.7 Å². The van der Waals surface area contributed by atoms with Gasteiger partial charge in [-0.25, -0.2) is 9.37 Å². The smallest absolute Gasteiger partial charge is 0.265 e. The number of rotatable bonds is 2. The van der Waals surface area contributed by atoms with Crippen LogP contribution in [0.2, 0.25) is 0 Å². The molecule has 5 heteroatoms. The number of likely N-dealkylation sites (tertiary alicyclic amines) is 1. The molecule has 1 aromatic carbocycles. The lowest BCUT2D eigenvalue weighted by Crippen LogP contribution is -2.44. The third-order valence-corrected chi connectivity index (χ3v) is 6.85. The van der Waals surface area contributed by atoms with Gasteiger partial charge in [-0.05, 0) is 55.9 Å². The number of nitrogens with zero attached hydrogens (tertiary/aromatic N) is 2. The third kappa shape index (κ3) is 3.34. The molecule has 1 saturated carbocycles. The quantitative estimate of drug-likeness (QED) is 0.764. The standard InChI is InChI=1S/C20H23FN2OS/c1-13-18(25-19(22-13)15-6-8-17(21)9-7-15)20(24)23-11-10-14-4-2-3-5-16(14)12-23/h6-9,14,16H,2-5,10-12H2,1H3/t14-,16-/m0/s1. The van der Waals surface area contributed by atoms with Gasteiger partial charge in [0.2, 0.25) is 0 Å². The monoisotopic (exact) mass is 358 g/mol. The molecule has 2 aromatic rings. The first-order valence-electron chi connectivity index (χ1n) is 9.14. The highest BCUT2D eigenvalue weighted by Gasteiger charge is 2.34. The van der Waals surface area contributed by atoms with Crippen LogP contribution in [0.3, 0.4) is 0 Å². The molecule has 1 aliphatic carbocycles. The van der Waals surface area contributed by atoms with E-state index >= 15 is 0 Å². The summed E-state index contributed by atoms with van der Waals surface area (Å²) in [6.45, 7) is 3.65. The van der Waals surface area contributed by atoms with Gasteiger partial charge in [-0.3, -0.25) is 4.79 Å². The van der Waals surface area contributed by atoms with E-state index in [1.165, 1.54) is 49.2 Å². The van der Waals surface area contributed by atoms with Crippen molar-refractivity contribution in [3.63, 3.8) is 0 Å². The zero-order valence-electron chi connectivity index (χ0n) is 14.5. The molecular formula is C20H23FN2OS. The van der Waals surface area contributed by atoms with E-state index in [9.17, 15) is 9.18 Å². The second kappa shape index (κ2) is 6.87. The molecule has 1 aromatic heterocycles. The van der Waals surface area contributed by atoms with E-state index in [0.717, 1.165) is 46.6 Å². The number of hydrogen-bond acceptors (Lipinski definition) is 3. The predicted molar refractivity (Wildman–Crippen MR) is 98.2 cm³/mol. The maximum Gasteiger partial charge on any atom is 0.265 e. The Morgan fingerprint density at radius 3 is 2.64 bits per heavy atom. The lowest BCUT2D eigenvalue weighted by atomic mass is 9.75. The fraction of sp³-hybridized carbons (Fsp3) is 0.500. The van der Waals surface area contributed by atoms with Gasteiger partial charge >= 0.3 is 0 Å². The second-order valence-electron chi connectivity index (χ2n) is 7.28. The van der Waals surface area contributed by atoms with Crippen LogP contribution in [0.25, 0.3) is 10.6 Å². The normalized spacial score (nSPS) is 23.4. The average Bonchev–Trinajstić information content (AvgIpc) is 3.03. The summed E-state index contributed by atoms with van der Waals surface area (Å²) in [7, 11) is 0. The fourth-order valence-electron chi connectivity index (χ4n) is 4.24. The molecule has 0 N–H and O–H groups in total. The number of benzene rings is 1. The van der Waals surface area contributed by atoms with Gasteiger partial charge in [-0.2, -0.15) is 0 Å². The van der Waals surface area contributed by atoms with E-state index in [0.29, 0.717) is 5.92 Å². The highest BCUT2D eigenvalue weighted by atomic mass is 32.1. The molecule has 25 heavy (non-hydrogen) atoms. The summed E-state index contributed by atoms with van der Waals surface area (Å²) in [5.41, 5.74) is 1.64. The topological polar surface area (TPSA) is 33.2 Å². The molecule has 4 rings (SSSR count). The van der Waals surface area contributed by atoms with Crippen molar-refractivity contribution in [2.24, 2.45) is 11.8 Å². The molecule has 0 radical (unpaired) electrons. The molecule has 2 fully saturated rings. The van der Waals surface area contributed by atoms with Gasteiger partial charge in [0.05, 0.1) is 5.69 Å². The maximum absolute atomic E-state index is 13.1. The highest BCUT2D eigenvalue weighted by Crippen LogP contribution is 2.37. The zero-order chi connectivity index (χ0) is 17.4. The van der Waals surface area contributed by atoms with Gasteiger partial charge in [0.15, 0.2) is 0 Å². The van der Waals surface area contributed by atoms with Crippen molar-refractivity contribution in [2.75, 3.05) is 13.1 Å². The Morgan fingerprint density at radius 1 is 1.16 bits per heavy atom. The number of halogens is 1. The number of carbonyl (C=O) groups excluding carboxylic acids is 1. The van der Waals surface area contributed by atoms with E-state index in [1.807, 2.05) is 11.8 Å². The first kappa shape index (κ1) is 16.7. The number of hydrogen-bond donors (Lipinski definition) is 0. The minimum Gasteiger partial charge on any atom is -0.338 e. The van der Waals surface area contributed by atoms with Crippen LogP contribution in [-0.2, 0) is 0 Å². The van der Waals surface area contributed by atoms with Crippen molar-refractivity contribution < 1.29 is 9.18 Å². The summed E-state index contributed by atoms with van der Waals surface area (Å²) in [6.07, 6.45) is 6.39. The second-order valence-corrected chi connectivity index (χ2v) is 8.28. The molecule has 2 heterocycles. The van der Waals surface area contributed by atoms with Crippen molar-refractivity contribution in [1.82, 2.24) is 9.88 Å². The van der Waals surface area contributed by atoms with Crippen molar-refractivity contribution in [3.05, 3.63) is 40.7 Å². The Morgan fingerprint density at radius 2 is 1.88 bits per heavy atom. The Labute approximate surface area is 151 Å². The number of thiazole rings is 1. The number of aryl methyl sites for hydroxylation is 1. The van der Waals surface area contributed by atoms with Crippen molar-refractivity contribution in [3.8, 4) is 10.6 Å². The van der Waals surface area contributed by atoms with Crippen LogP contribution in [0.4, 0.5) is 4.39 Å². The van der Waals surface area contributed by atoms with Gasteiger partial charge in [0.1, 0.15) is 15.7 Å². The predicted octanol–water partition coefficient (Wildman–Crippen LogP) is 4.91. The first-order valence-corrected chi connectivity index (χ1v) is 9.96. The lowest BCUT2D eigenvalue weighted by Gasteiger charge is -2.41. The maximum atomic E-state index is 13.1. The van der Waals surface area contributed by atoms with Crippen LogP contribution in [0, 0.1) is 24.6 Å². The van der Waals surface area contributed by atoms with Crippen molar-refractivity contribution >= 4 is 17.2 Å². The summed E-state index contributed by atoms with van der Waals surface area (Å²) in [5.74, 6) is 1.35. The summed E-state index contributed by atoms with van der Waals surface area (Å²) in [4.78, 5) is 20.3. The fourth-order valence-corrected chi connectivity index (χ4v) is 5.28. The molecule has 3 nitrogen and oxygen atoms in total. The summed E-state index contributed by atoms with van der Waals surface area (Å²) >= 11 is 1.42. The number of aromatic nitrogens is 1. The van der Waals surface area contributed by atoms with Crippen LogP contribution in [-0.4, -0.2) is 28.9 Å². The SMILES string of the molecule is Cc1nc(-c2ccc(F)cc2)sc1C(=O)N1CC[C@@H]2CCCC[C@H]2C1. The molecule has 0 bridgehead atoms. The van der Waals surface area contributed by atoms with Gasteiger partial charge in [0.25, 0.3) is 5.91 Å². The van der Waals surface area contributed by atoms with Crippen molar-refractivity contribution in [1.29, 1.82) is 0 Å². The van der Waals surface area contributed by atoms with E-state index < -0.39 is 0 Å². The molecular weight excluding hydrogens is 335 g/mol. The van der Waals surface area contributed by atoms with Crippen LogP contribution < -0.4 is 0 Å². The van der Waals surface area contributed by atoms with Crippen LogP contribution in [0.5, 0.6) is 0 Å². The van der Waals surface area contributed by atoms with E-state index in [1.54, 1.807) is 12.1 Å². The highest BCUT2D eigenvalue weighted by molar-refractivity contribution is 7.17. The van der Waals surface area contributed by atoms with Crippen LogP contribution >= 0.6 is 11.3 Å². The number of piperidine rings is 1. The number of carbonyl (C=O) groups is 1. The van der Waals surface area contributed by atoms with Crippen LogP contribution in [0.15, 0.2) is 24.3 Å². The van der Waals surface area contributed by atoms with E-state index in [4.69, 9.17) is 0 Å². The molecule has 1 amide bonds. The molecule has 0 unspecified atom stereocenters. The Balaban J connectivity index is 1.53. The first-order chi connectivity index (χ1) is 12.1. The minimum absolute atomic E-state index is 0.118. The molecule has 1 aliphatic heterocycles. The molecule has 2 atom stereocenters. The minimum atomic E-state index is -0.260. The molecule has 2 aliphatic rings. The number of amides is 1. The van der Waals surface area contributed by atoms with Gasteiger partial charge in [0, 0.05) is 18.7 Å². The summed E-state index contributed by atoms with van der Waals surface area (Å²) in [6, 6.07) is 6.30. The Bertz CT molecular complexity index is 771. The van der Waals surface area contributed by atoms with Gasteiger partial charge in [-0.1, -0.05) is 19.3 Å². The van der Waals surface area contributed by atoms with Gasteiger partial charge in [-0.15, -0.1) is 11.3 Å². The third-order valence-electron chi connectivity index (χ3n) is 5.66. The molecule has 1 saturated heterocycles. The Hall–Kier alpha value is -1.75. The van der Waals surface area contributed by atoms with Crippen LogP contribution in [0.1, 0.15) is 47.5 Å². The summed E-state index contributed by atoms with van der Waals surface area (Å²) < 4.78 is 13.1. The lowest BCUT2D eigenvalue weighted by molar-refractivity contribution is 0.0524. The zero-order valence-corrected chi connectivity index (χ0v) is 15.3. The van der Waals surface area contributed by atoms with E-state index in [2.05, 4.69) is 4.98 Å². The molecule has 132 valence electrons. The largest absolute Gasteiger partial charge is 0.338 e. The molecule has 0 spiro atoms. The van der Waals surface area contributed by atoms with Gasteiger partial charge < -0.3 is 4.90 Å².